The molecule has 0 saturated carbocycles. The number of hydrogen-bond acceptors (Lipinski definition) is 1. The molecule has 0 aliphatic rings. The summed E-state index contributed by atoms with van der Waals surface area (Å²) in [6.07, 6.45) is 2.00. The monoisotopic (exact) mass is 311 g/mol. The number of carbonyl (C=O) groups is 1. The van der Waals surface area contributed by atoms with Crippen molar-refractivity contribution in [1.82, 2.24) is 4.98 Å². The molecule has 3 aromatic rings. The van der Waals surface area contributed by atoms with Gasteiger partial charge in [0.05, 0.1) is 5.69 Å². The minimum atomic E-state index is 0.480. The van der Waals surface area contributed by atoms with E-state index in [1.165, 1.54) is 5.56 Å². The second-order valence-corrected chi connectivity index (χ2v) is 6.09. The molecule has 2 aromatic carbocycles. The van der Waals surface area contributed by atoms with Crippen LogP contribution >= 0.6 is 11.6 Å². The molecule has 3 heteroatoms. The van der Waals surface area contributed by atoms with Crippen LogP contribution in [0.2, 0.25) is 5.02 Å². The SMILES string of the molecule is CCC(C)c1ccc2[nH]c(-c3cccc(Cl)c3)c(C=O)c2c1. The van der Waals surface area contributed by atoms with Crippen molar-refractivity contribution in [3.63, 3.8) is 0 Å². The zero-order chi connectivity index (χ0) is 15.7. The van der Waals surface area contributed by atoms with Crippen LogP contribution in [-0.4, -0.2) is 11.3 Å². The minimum absolute atomic E-state index is 0.480. The normalized spacial score (nSPS) is 12.5. The Bertz CT molecular complexity index is 835. The molecule has 0 bridgehead atoms. The maximum atomic E-state index is 11.7. The number of nitrogens with one attached hydrogen (secondary N) is 1. The van der Waals surface area contributed by atoms with Crippen LogP contribution in [0.25, 0.3) is 22.2 Å². The fourth-order valence-electron chi connectivity index (χ4n) is 2.77. The van der Waals surface area contributed by atoms with Crippen molar-refractivity contribution in [3.05, 3.63) is 58.6 Å². The summed E-state index contributed by atoms with van der Waals surface area (Å²) >= 11 is 6.07. The van der Waals surface area contributed by atoms with Gasteiger partial charge < -0.3 is 4.98 Å². The Morgan fingerprint density at radius 3 is 2.73 bits per heavy atom. The highest BCUT2D eigenvalue weighted by Gasteiger charge is 2.14. The van der Waals surface area contributed by atoms with Crippen molar-refractivity contribution in [2.24, 2.45) is 0 Å². The number of rotatable bonds is 4. The maximum absolute atomic E-state index is 11.7. The molecule has 22 heavy (non-hydrogen) atoms. The van der Waals surface area contributed by atoms with Crippen LogP contribution in [-0.2, 0) is 0 Å². The smallest absolute Gasteiger partial charge is 0.152 e. The summed E-state index contributed by atoms with van der Waals surface area (Å²) in [5.41, 5.74) is 4.69. The topological polar surface area (TPSA) is 32.9 Å². The van der Waals surface area contributed by atoms with Crippen LogP contribution < -0.4 is 0 Å². The first-order valence-corrected chi connectivity index (χ1v) is 7.88. The van der Waals surface area contributed by atoms with Crippen LogP contribution in [0.3, 0.4) is 0 Å². The van der Waals surface area contributed by atoms with Gasteiger partial charge in [-0.25, -0.2) is 0 Å². The summed E-state index contributed by atoms with van der Waals surface area (Å²) in [6.45, 7) is 4.37. The van der Waals surface area contributed by atoms with Gasteiger partial charge >= 0.3 is 0 Å². The van der Waals surface area contributed by atoms with Gasteiger partial charge in [0.15, 0.2) is 6.29 Å². The lowest BCUT2D eigenvalue weighted by atomic mass is 9.96. The Balaban J connectivity index is 2.22. The first kappa shape index (κ1) is 14.9. The van der Waals surface area contributed by atoms with Crippen molar-refractivity contribution in [2.45, 2.75) is 26.2 Å². The Morgan fingerprint density at radius 2 is 2.05 bits per heavy atom. The van der Waals surface area contributed by atoms with Gasteiger partial charge in [-0.3, -0.25) is 4.79 Å². The van der Waals surface area contributed by atoms with Gasteiger partial charge in [-0.2, -0.15) is 0 Å². The highest BCUT2D eigenvalue weighted by molar-refractivity contribution is 6.30. The quantitative estimate of drug-likeness (QED) is 0.605. The van der Waals surface area contributed by atoms with E-state index in [4.69, 9.17) is 11.6 Å². The Kier molecular flexibility index (Phi) is 4.04. The lowest BCUT2D eigenvalue weighted by molar-refractivity contribution is 0.112. The summed E-state index contributed by atoms with van der Waals surface area (Å²) in [4.78, 5) is 15.0. The van der Waals surface area contributed by atoms with Crippen molar-refractivity contribution in [3.8, 4) is 11.3 Å². The zero-order valence-electron chi connectivity index (χ0n) is 12.7. The van der Waals surface area contributed by atoms with E-state index in [-0.39, 0.29) is 0 Å². The van der Waals surface area contributed by atoms with Crippen LogP contribution in [0.1, 0.15) is 42.1 Å². The second kappa shape index (κ2) is 5.98. The van der Waals surface area contributed by atoms with Crippen LogP contribution in [0.5, 0.6) is 0 Å². The van der Waals surface area contributed by atoms with E-state index in [1.54, 1.807) is 0 Å². The molecule has 0 radical (unpaired) electrons. The third-order valence-corrected chi connectivity index (χ3v) is 4.51. The fourth-order valence-corrected chi connectivity index (χ4v) is 2.96. The molecule has 1 heterocycles. The molecule has 1 unspecified atom stereocenters. The number of aromatic nitrogens is 1. The predicted molar refractivity (Wildman–Crippen MR) is 92.8 cm³/mol. The Labute approximate surface area is 135 Å². The zero-order valence-corrected chi connectivity index (χ0v) is 13.4. The van der Waals surface area contributed by atoms with Gasteiger partial charge in [0.25, 0.3) is 0 Å². The van der Waals surface area contributed by atoms with Crippen molar-refractivity contribution < 1.29 is 4.79 Å². The highest BCUT2D eigenvalue weighted by Crippen LogP contribution is 2.32. The average Bonchev–Trinajstić information content (AvgIpc) is 2.91. The van der Waals surface area contributed by atoms with Crippen LogP contribution in [0.4, 0.5) is 0 Å². The molecular formula is C19H18ClNO. The van der Waals surface area contributed by atoms with Gasteiger partial charge in [0, 0.05) is 27.1 Å². The standard InChI is InChI=1S/C19H18ClNO/c1-3-12(2)13-7-8-18-16(10-13)17(11-22)19(21-18)14-5-4-6-15(20)9-14/h4-12,21H,3H2,1-2H3. The third kappa shape index (κ3) is 2.55. The van der Waals surface area contributed by atoms with Crippen LogP contribution in [0.15, 0.2) is 42.5 Å². The number of aldehydes is 1. The Morgan fingerprint density at radius 1 is 1.23 bits per heavy atom. The molecule has 0 spiro atoms. The molecule has 0 amide bonds. The average molecular weight is 312 g/mol. The van der Waals surface area contributed by atoms with Crippen molar-refractivity contribution >= 4 is 28.8 Å². The number of aromatic amines is 1. The van der Waals surface area contributed by atoms with Crippen molar-refractivity contribution in [2.75, 3.05) is 0 Å². The molecule has 0 fully saturated rings. The van der Waals surface area contributed by atoms with Crippen molar-refractivity contribution in [1.29, 1.82) is 0 Å². The molecular weight excluding hydrogens is 294 g/mol. The summed E-state index contributed by atoms with van der Waals surface area (Å²) in [5, 5.41) is 1.64. The lowest BCUT2D eigenvalue weighted by Gasteiger charge is -2.08. The molecule has 0 aliphatic heterocycles. The largest absolute Gasteiger partial charge is 0.354 e. The number of fused-ring (bicyclic) bond motifs is 1. The molecule has 0 saturated heterocycles. The number of benzene rings is 2. The third-order valence-electron chi connectivity index (χ3n) is 4.28. The minimum Gasteiger partial charge on any atom is -0.354 e. The number of halogens is 1. The summed E-state index contributed by atoms with van der Waals surface area (Å²) in [6, 6.07) is 13.9. The molecule has 2 nitrogen and oxygen atoms in total. The van der Waals surface area contributed by atoms with E-state index < -0.39 is 0 Å². The first-order chi connectivity index (χ1) is 10.6. The van der Waals surface area contributed by atoms with E-state index in [9.17, 15) is 4.79 Å². The van der Waals surface area contributed by atoms with Gasteiger partial charge in [0.2, 0.25) is 0 Å². The van der Waals surface area contributed by atoms with E-state index in [0.29, 0.717) is 16.5 Å². The number of carbonyl (C=O) groups excluding carboxylic acids is 1. The van der Waals surface area contributed by atoms with E-state index >= 15 is 0 Å². The number of hydrogen-bond donors (Lipinski definition) is 1. The fraction of sp³-hybridized carbons (Fsp3) is 0.211. The molecule has 1 N–H and O–H groups in total. The molecule has 1 atom stereocenters. The van der Waals surface area contributed by atoms with Gasteiger partial charge in [-0.05, 0) is 42.2 Å². The van der Waals surface area contributed by atoms with Gasteiger partial charge in [-0.15, -0.1) is 0 Å². The molecule has 1 aromatic heterocycles. The highest BCUT2D eigenvalue weighted by atomic mass is 35.5. The van der Waals surface area contributed by atoms with Gasteiger partial charge in [-0.1, -0.05) is 43.6 Å². The molecule has 0 aliphatic carbocycles. The lowest BCUT2D eigenvalue weighted by Crippen LogP contribution is -1.91. The van der Waals surface area contributed by atoms with Gasteiger partial charge in [0.1, 0.15) is 0 Å². The maximum Gasteiger partial charge on any atom is 0.152 e. The van der Waals surface area contributed by atoms with E-state index in [0.717, 1.165) is 34.9 Å². The van der Waals surface area contributed by atoms with Crippen LogP contribution in [0, 0.1) is 0 Å². The predicted octanol–water partition coefficient (Wildman–Crippen LogP) is 5.81. The summed E-state index contributed by atoms with van der Waals surface area (Å²) in [5.74, 6) is 0.480. The second-order valence-electron chi connectivity index (χ2n) is 5.66. The summed E-state index contributed by atoms with van der Waals surface area (Å²) in [7, 11) is 0. The van der Waals surface area contributed by atoms with E-state index in [1.807, 2.05) is 24.3 Å². The Hall–Kier alpha value is -2.06. The summed E-state index contributed by atoms with van der Waals surface area (Å²) < 4.78 is 0. The molecule has 112 valence electrons. The molecule has 3 rings (SSSR count). The number of H-pyrrole nitrogens is 1. The first-order valence-electron chi connectivity index (χ1n) is 7.50. The van der Waals surface area contributed by atoms with E-state index in [2.05, 4.69) is 37.0 Å².